The molecule has 6 heteroatoms. The molecule has 1 saturated heterocycles. The van der Waals surface area contributed by atoms with Gasteiger partial charge in [0.25, 0.3) is 0 Å². The Bertz CT molecular complexity index is 772. The summed E-state index contributed by atoms with van der Waals surface area (Å²) in [6.07, 6.45) is 1.14. The van der Waals surface area contributed by atoms with Crippen LogP contribution in [0.1, 0.15) is 23.2 Å². The van der Waals surface area contributed by atoms with Crippen LogP contribution < -0.4 is 4.74 Å². The van der Waals surface area contributed by atoms with E-state index < -0.39 is 0 Å². The van der Waals surface area contributed by atoms with Crippen LogP contribution in [0.2, 0.25) is 0 Å². The van der Waals surface area contributed by atoms with Crippen molar-refractivity contribution in [1.29, 1.82) is 0 Å². The van der Waals surface area contributed by atoms with Gasteiger partial charge in [-0.1, -0.05) is 18.2 Å². The number of Topliss-reactive ketones (excluding diaryl/α,β-unsaturated/α-hetero) is 1. The number of carbonyl (C=O) groups is 2. The standard InChI is InChI=1S/C22H25FN2O3/c23-19-10-8-18(9-11-19)21(26)17-24-12-14-25(15-13-24)22(27)7-4-16-28-20-5-2-1-3-6-20/h1-3,5-6,8-11H,4,7,12-17H2. The third-order valence-electron chi connectivity index (χ3n) is 4.81. The van der Waals surface area contributed by atoms with Crippen LogP contribution in [0, 0.1) is 5.82 Å². The number of ether oxygens (including phenoxy) is 1. The van der Waals surface area contributed by atoms with Gasteiger partial charge in [-0.2, -0.15) is 0 Å². The van der Waals surface area contributed by atoms with Gasteiger partial charge in [0.2, 0.25) is 5.91 Å². The number of nitrogens with zero attached hydrogens (tertiary/aromatic N) is 2. The average molecular weight is 384 g/mol. The smallest absolute Gasteiger partial charge is 0.222 e. The first-order valence-electron chi connectivity index (χ1n) is 9.58. The Morgan fingerprint density at radius 2 is 1.61 bits per heavy atom. The molecule has 28 heavy (non-hydrogen) atoms. The summed E-state index contributed by atoms with van der Waals surface area (Å²) in [4.78, 5) is 28.5. The van der Waals surface area contributed by atoms with Crippen molar-refractivity contribution in [3.8, 4) is 5.75 Å². The fraction of sp³-hybridized carbons (Fsp3) is 0.364. The molecule has 0 aliphatic carbocycles. The lowest BCUT2D eigenvalue weighted by Gasteiger charge is -2.34. The summed E-state index contributed by atoms with van der Waals surface area (Å²) in [5.74, 6) is 0.561. The second kappa shape index (κ2) is 9.99. The van der Waals surface area contributed by atoms with E-state index in [0.717, 1.165) is 5.75 Å². The minimum absolute atomic E-state index is 0.0298. The van der Waals surface area contributed by atoms with Crippen molar-refractivity contribution in [2.24, 2.45) is 0 Å². The van der Waals surface area contributed by atoms with Crippen LogP contribution in [-0.4, -0.2) is 60.8 Å². The fourth-order valence-corrected chi connectivity index (χ4v) is 3.17. The van der Waals surface area contributed by atoms with Gasteiger partial charge in [-0.3, -0.25) is 14.5 Å². The molecule has 2 aromatic rings. The minimum atomic E-state index is -0.349. The van der Waals surface area contributed by atoms with Gasteiger partial charge >= 0.3 is 0 Å². The molecule has 3 rings (SSSR count). The SMILES string of the molecule is O=C(CN1CCN(C(=O)CCCOc2ccccc2)CC1)c1ccc(F)cc1. The highest BCUT2D eigenvalue weighted by molar-refractivity contribution is 5.97. The molecule has 0 aromatic heterocycles. The van der Waals surface area contributed by atoms with Crippen molar-refractivity contribution in [3.05, 3.63) is 66.0 Å². The number of amides is 1. The zero-order valence-electron chi connectivity index (χ0n) is 15.9. The maximum Gasteiger partial charge on any atom is 0.222 e. The van der Waals surface area contributed by atoms with E-state index in [9.17, 15) is 14.0 Å². The van der Waals surface area contributed by atoms with E-state index in [0.29, 0.717) is 57.7 Å². The molecule has 1 aliphatic heterocycles. The van der Waals surface area contributed by atoms with Crippen molar-refractivity contribution < 1.29 is 18.7 Å². The van der Waals surface area contributed by atoms with Gasteiger partial charge in [0, 0.05) is 38.2 Å². The normalized spacial score (nSPS) is 14.7. The number of hydrogen-bond acceptors (Lipinski definition) is 4. The summed E-state index contributed by atoms with van der Waals surface area (Å²) >= 11 is 0. The third-order valence-corrected chi connectivity index (χ3v) is 4.81. The zero-order chi connectivity index (χ0) is 19.8. The van der Waals surface area contributed by atoms with Gasteiger partial charge in [0.1, 0.15) is 11.6 Å². The third kappa shape index (κ3) is 5.89. The minimum Gasteiger partial charge on any atom is -0.494 e. The van der Waals surface area contributed by atoms with Crippen LogP contribution in [0.25, 0.3) is 0 Å². The molecule has 0 saturated carbocycles. The topological polar surface area (TPSA) is 49.9 Å². The largest absolute Gasteiger partial charge is 0.494 e. The van der Waals surface area contributed by atoms with Crippen LogP contribution in [-0.2, 0) is 4.79 Å². The maximum atomic E-state index is 13.0. The summed E-state index contributed by atoms with van der Waals surface area (Å²) in [6, 6.07) is 15.2. The van der Waals surface area contributed by atoms with Gasteiger partial charge in [-0.25, -0.2) is 4.39 Å². The summed E-state index contributed by atoms with van der Waals surface area (Å²) < 4.78 is 18.6. The summed E-state index contributed by atoms with van der Waals surface area (Å²) in [7, 11) is 0. The Kier molecular flexibility index (Phi) is 7.14. The Hall–Kier alpha value is -2.73. The zero-order valence-corrected chi connectivity index (χ0v) is 15.9. The lowest BCUT2D eigenvalue weighted by Crippen LogP contribution is -2.49. The molecule has 148 valence electrons. The molecule has 0 radical (unpaired) electrons. The first-order chi connectivity index (χ1) is 13.6. The van der Waals surface area contributed by atoms with Crippen LogP contribution in [0.15, 0.2) is 54.6 Å². The number of halogens is 1. The van der Waals surface area contributed by atoms with E-state index >= 15 is 0 Å². The summed E-state index contributed by atoms with van der Waals surface area (Å²) in [6.45, 7) is 3.38. The van der Waals surface area contributed by atoms with Crippen LogP contribution in [0.4, 0.5) is 4.39 Å². The maximum absolute atomic E-state index is 13.0. The molecule has 0 atom stereocenters. The van der Waals surface area contributed by atoms with Crippen molar-refractivity contribution in [3.63, 3.8) is 0 Å². The Balaban J connectivity index is 1.34. The van der Waals surface area contributed by atoms with Gasteiger partial charge in [-0.15, -0.1) is 0 Å². The lowest BCUT2D eigenvalue weighted by atomic mass is 10.1. The Labute approximate surface area is 164 Å². The molecular formula is C22H25FN2O3. The Morgan fingerprint density at radius 3 is 2.29 bits per heavy atom. The summed E-state index contributed by atoms with van der Waals surface area (Å²) in [5, 5.41) is 0. The highest BCUT2D eigenvalue weighted by Gasteiger charge is 2.22. The van der Waals surface area contributed by atoms with Crippen LogP contribution >= 0.6 is 0 Å². The second-order valence-electron chi connectivity index (χ2n) is 6.85. The van der Waals surface area contributed by atoms with Gasteiger partial charge < -0.3 is 9.64 Å². The molecule has 0 spiro atoms. The first-order valence-corrected chi connectivity index (χ1v) is 9.58. The first kappa shape index (κ1) is 20.0. The highest BCUT2D eigenvalue weighted by Crippen LogP contribution is 2.11. The number of hydrogen-bond donors (Lipinski definition) is 0. The van der Waals surface area contributed by atoms with Crippen molar-refractivity contribution in [2.45, 2.75) is 12.8 Å². The van der Waals surface area contributed by atoms with Crippen LogP contribution in [0.5, 0.6) is 5.75 Å². The highest BCUT2D eigenvalue weighted by atomic mass is 19.1. The number of rotatable bonds is 8. The number of piperazine rings is 1. The number of benzene rings is 2. The average Bonchev–Trinajstić information content (AvgIpc) is 2.73. The fourth-order valence-electron chi connectivity index (χ4n) is 3.17. The van der Waals surface area contributed by atoms with Gasteiger partial charge in [0.05, 0.1) is 13.2 Å². The molecule has 0 bridgehead atoms. The van der Waals surface area contributed by atoms with E-state index in [1.165, 1.54) is 24.3 Å². The quantitative estimate of drug-likeness (QED) is 0.519. The monoisotopic (exact) mass is 384 g/mol. The second-order valence-corrected chi connectivity index (χ2v) is 6.85. The molecule has 0 unspecified atom stereocenters. The van der Waals surface area contributed by atoms with Crippen LogP contribution in [0.3, 0.4) is 0 Å². The molecular weight excluding hydrogens is 359 g/mol. The molecule has 1 amide bonds. The number of para-hydroxylation sites is 1. The molecule has 0 N–H and O–H groups in total. The van der Waals surface area contributed by atoms with Gasteiger partial charge in [0.15, 0.2) is 5.78 Å². The molecule has 2 aromatic carbocycles. The van der Waals surface area contributed by atoms with E-state index in [4.69, 9.17) is 4.74 Å². The Morgan fingerprint density at radius 1 is 0.929 bits per heavy atom. The van der Waals surface area contributed by atoms with Crippen molar-refractivity contribution in [2.75, 3.05) is 39.3 Å². The number of ketones is 1. The lowest BCUT2D eigenvalue weighted by molar-refractivity contribution is -0.133. The van der Waals surface area contributed by atoms with Crippen molar-refractivity contribution in [1.82, 2.24) is 9.80 Å². The van der Waals surface area contributed by atoms with E-state index in [-0.39, 0.29) is 17.5 Å². The summed E-state index contributed by atoms with van der Waals surface area (Å²) in [5.41, 5.74) is 0.512. The molecule has 1 heterocycles. The molecule has 5 nitrogen and oxygen atoms in total. The van der Waals surface area contributed by atoms with E-state index in [1.807, 2.05) is 40.1 Å². The van der Waals surface area contributed by atoms with Gasteiger partial charge in [-0.05, 0) is 42.8 Å². The van der Waals surface area contributed by atoms with E-state index in [1.54, 1.807) is 0 Å². The molecule has 1 fully saturated rings. The van der Waals surface area contributed by atoms with E-state index in [2.05, 4.69) is 0 Å². The molecule has 1 aliphatic rings. The predicted molar refractivity (Wildman–Crippen MR) is 105 cm³/mol. The number of carbonyl (C=O) groups excluding carboxylic acids is 2. The predicted octanol–water partition coefficient (Wildman–Crippen LogP) is 3.01. The van der Waals surface area contributed by atoms with Crippen molar-refractivity contribution >= 4 is 11.7 Å².